The van der Waals surface area contributed by atoms with Gasteiger partial charge in [0.15, 0.2) is 23.0 Å². The first-order valence-electron chi connectivity index (χ1n) is 13.2. The number of rotatable bonds is 11. The second-order valence-electron chi connectivity index (χ2n) is 8.95. The van der Waals surface area contributed by atoms with Crippen LogP contribution in [0, 0.1) is 0 Å². The number of nitrogens with zero attached hydrogens (tertiary/aromatic N) is 2. The van der Waals surface area contributed by atoms with Crippen molar-refractivity contribution in [3.05, 3.63) is 53.1 Å². The van der Waals surface area contributed by atoms with Gasteiger partial charge < -0.3 is 33.9 Å². The molecule has 1 fully saturated rings. The molecule has 9 nitrogen and oxygen atoms in total. The highest BCUT2D eigenvalue weighted by molar-refractivity contribution is 6.46. The third-order valence-corrected chi connectivity index (χ3v) is 6.79. The van der Waals surface area contributed by atoms with Crippen LogP contribution in [-0.4, -0.2) is 79.2 Å². The number of Topliss-reactive ketones (excluding diaryl/α,β-unsaturated/α-hetero) is 1. The zero-order valence-electron chi connectivity index (χ0n) is 22.5. The third-order valence-electron chi connectivity index (χ3n) is 6.79. The van der Waals surface area contributed by atoms with Crippen LogP contribution in [0.25, 0.3) is 5.76 Å². The number of benzene rings is 2. The first kappa shape index (κ1) is 27.3. The molecule has 1 atom stereocenters. The van der Waals surface area contributed by atoms with Gasteiger partial charge >= 0.3 is 0 Å². The monoisotopic (exact) mass is 524 g/mol. The molecular weight excluding hydrogens is 488 g/mol. The highest BCUT2D eigenvalue weighted by Gasteiger charge is 2.46. The zero-order valence-corrected chi connectivity index (χ0v) is 22.5. The van der Waals surface area contributed by atoms with Crippen molar-refractivity contribution in [2.45, 2.75) is 33.7 Å². The number of ether oxygens (including phenoxy) is 4. The Kier molecular flexibility index (Phi) is 8.78. The topological polar surface area (TPSA) is 97.8 Å². The van der Waals surface area contributed by atoms with Crippen molar-refractivity contribution in [1.82, 2.24) is 9.80 Å². The number of amides is 1. The number of carbonyl (C=O) groups excluding carboxylic acids is 2. The first-order chi connectivity index (χ1) is 18.4. The number of hydrogen-bond donors (Lipinski definition) is 1. The fourth-order valence-electron chi connectivity index (χ4n) is 4.83. The second-order valence-corrected chi connectivity index (χ2v) is 8.95. The Morgan fingerprint density at radius 2 is 1.63 bits per heavy atom. The third kappa shape index (κ3) is 5.43. The van der Waals surface area contributed by atoms with Crippen LogP contribution in [0.2, 0.25) is 0 Å². The summed E-state index contributed by atoms with van der Waals surface area (Å²) in [6.45, 7) is 12.1. The molecule has 1 saturated heterocycles. The largest absolute Gasteiger partial charge is 0.507 e. The van der Waals surface area contributed by atoms with E-state index in [0.717, 1.165) is 13.1 Å². The molecule has 2 heterocycles. The summed E-state index contributed by atoms with van der Waals surface area (Å²) in [5, 5.41) is 11.5. The molecule has 2 aliphatic heterocycles. The lowest BCUT2D eigenvalue weighted by Gasteiger charge is -2.28. The van der Waals surface area contributed by atoms with Gasteiger partial charge in [0.2, 0.25) is 0 Å². The van der Waals surface area contributed by atoms with E-state index in [1.807, 2.05) is 19.9 Å². The predicted octanol–water partition coefficient (Wildman–Crippen LogP) is 4.02. The van der Waals surface area contributed by atoms with Crippen molar-refractivity contribution in [3.63, 3.8) is 0 Å². The van der Waals surface area contributed by atoms with Crippen LogP contribution in [0.4, 0.5) is 0 Å². The van der Waals surface area contributed by atoms with Gasteiger partial charge in [-0.05, 0) is 62.8 Å². The molecule has 204 valence electrons. The molecule has 2 aromatic rings. The summed E-state index contributed by atoms with van der Waals surface area (Å²) in [6.07, 6.45) is 0. The lowest BCUT2D eigenvalue weighted by molar-refractivity contribution is -0.140. The molecule has 38 heavy (non-hydrogen) atoms. The molecule has 0 radical (unpaired) electrons. The van der Waals surface area contributed by atoms with E-state index in [1.54, 1.807) is 30.3 Å². The maximum atomic E-state index is 13.4. The summed E-state index contributed by atoms with van der Waals surface area (Å²) in [5.41, 5.74) is 1.05. The lowest BCUT2D eigenvalue weighted by atomic mass is 9.94. The van der Waals surface area contributed by atoms with E-state index in [0.29, 0.717) is 73.6 Å². The molecule has 0 spiro atoms. The molecule has 4 rings (SSSR count). The van der Waals surface area contributed by atoms with Gasteiger partial charge in [-0.2, -0.15) is 0 Å². The van der Waals surface area contributed by atoms with Crippen LogP contribution < -0.4 is 18.9 Å². The van der Waals surface area contributed by atoms with Gasteiger partial charge in [0.1, 0.15) is 19.0 Å². The number of aliphatic hydroxyl groups is 1. The van der Waals surface area contributed by atoms with E-state index < -0.39 is 17.7 Å². The molecule has 0 bridgehead atoms. The van der Waals surface area contributed by atoms with Crippen molar-refractivity contribution < 1.29 is 33.6 Å². The van der Waals surface area contributed by atoms with E-state index in [2.05, 4.69) is 18.7 Å². The van der Waals surface area contributed by atoms with Crippen LogP contribution in [-0.2, 0) is 9.59 Å². The second kappa shape index (κ2) is 12.2. The van der Waals surface area contributed by atoms with Crippen molar-refractivity contribution in [1.29, 1.82) is 0 Å². The summed E-state index contributed by atoms with van der Waals surface area (Å²) in [4.78, 5) is 30.5. The van der Waals surface area contributed by atoms with E-state index in [9.17, 15) is 14.7 Å². The minimum atomic E-state index is -0.798. The highest BCUT2D eigenvalue weighted by atomic mass is 16.6. The van der Waals surface area contributed by atoms with Gasteiger partial charge in [0.25, 0.3) is 11.7 Å². The number of ketones is 1. The number of aliphatic hydroxyl groups excluding tert-OH is 1. The van der Waals surface area contributed by atoms with Gasteiger partial charge in [0.05, 0.1) is 24.8 Å². The van der Waals surface area contributed by atoms with Gasteiger partial charge in [-0.15, -0.1) is 0 Å². The smallest absolute Gasteiger partial charge is 0.295 e. The zero-order chi connectivity index (χ0) is 27.2. The van der Waals surface area contributed by atoms with Crippen LogP contribution in [0.15, 0.2) is 42.0 Å². The Bertz CT molecular complexity index is 1210. The van der Waals surface area contributed by atoms with Crippen molar-refractivity contribution in [2.24, 2.45) is 0 Å². The summed E-state index contributed by atoms with van der Waals surface area (Å²) in [6, 6.07) is 9.56. The number of carbonyl (C=O) groups is 2. The van der Waals surface area contributed by atoms with Gasteiger partial charge in [0, 0.05) is 18.7 Å². The molecule has 2 aliphatic rings. The van der Waals surface area contributed by atoms with Gasteiger partial charge in [-0.25, -0.2) is 0 Å². The van der Waals surface area contributed by atoms with Crippen molar-refractivity contribution >= 4 is 17.4 Å². The number of likely N-dealkylation sites (N-methyl/N-ethyl adjacent to an activating group) is 1. The minimum absolute atomic E-state index is 0.0258. The number of hydrogen-bond acceptors (Lipinski definition) is 8. The molecule has 0 aromatic heterocycles. The predicted molar refractivity (Wildman–Crippen MR) is 143 cm³/mol. The fraction of sp³-hybridized carbons (Fsp3) is 0.448. The molecule has 1 N–H and O–H groups in total. The quantitative estimate of drug-likeness (QED) is 0.268. The van der Waals surface area contributed by atoms with E-state index in [-0.39, 0.29) is 11.3 Å². The van der Waals surface area contributed by atoms with E-state index in [4.69, 9.17) is 18.9 Å². The fourth-order valence-corrected chi connectivity index (χ4v) is 4.83. The summed E-state index contributed by atoms with van der Waals surface area (Å²) in [5.74, 6) is 0.499. The summed E-state index contributed by atoms with van der Waals surface area (Å²) in [7, 11) is 0. The van der Waals surface area contributed by atoms with Crippen LogP contribution >= 0.6 is 0 Å². The molecule has 0 aliphatic carbocycles. The maximum absolute atomic E-state index is 13.4. The maximum Gasteiger partial charge on any atom is 0.295 e. The minimum Gasteiger partial charge on any atom is -0.507 e. The molecule has 0 saturated carbocycles. The Hall–Kier alpha value is -3.72. The Balaban J connectivity index is 1.82. The van der Waals surface area contributed by atoms with Crippen LogP contribution in [0.3, 0.4) is 0 Å². The number of likely N-dealkylation sites (tertiary alicyclic amines) is 1. The Morgan fingerprint density at radius 1 is 0.947 bits per heavy atom. The average molecular weight is 525 g/mol. The molecule has 1 amide bonds. The van der Waals surface area contributed by atoms with E-state index >= 15 is 0 Å². The Morgan fingerprint density at radius 3 is 2.32 bits per heavy atom. The first-order valence-corrected chi connectivity index (χ1v) is 13.2. The normalized spacial score (nSPS) is 18.2. The van der Waals surface area contributed by atoms with Crippen LogP contribution in [0.5, 0.6) is 23.0 Å². The van der Waals surface area contributed by atoms with E-state index in [1.165, 1.54) is 4.90 Å². The Labute approximate surface area is 223 Å². The number of fused-ring (bicyclic) bond motifs is 1. The molecule has 0 unspecified atom stereocenters. The lowest BCUT2D eigenvalue weighted by Crippen LogP contribution is -2.38. The molecule has 9 heteroatoms. The van der Waals surface area contributed by atoms with Gasteiger partial charge in [-0.3, -0.25) is 9.59 Å². The average Bonchev–Trinajstić information content (AvgIpc) is 3.19. The van der Waals surface area contributed by atoms with Crippen LogP contribution in [0.1, 0.15) is 44.9 Å². The van der Waals surface area contributed by atoms with Crippen molar-refractivity contribution in [3.8, 4) is 23.0 Å². The summed E-state index contributed by atoms with van der Waals surface area (Å²) < 4.78 is 22.8. The summed E-state index contributed by atoms with van der Waals surface area (Å²) >= 11 is 0. The van der Waals surface area contributed by atoms with Gasteiger partial charge in [-0.1, -0.05) is 19.9 Å². The van der Waals surface area contributed by atoms with Crippen molar-refractivity contribution in [2.75, 3.05) is 52.6 Å². The SMILES string of the molecule is CCOc1ccc([C@@H]2C(=C(O)c3ccc4c(c3)OCCO4)C(=O)C(=O)N2CCN(CC)CC)cc1OCC. The highest BCUT2D eigenvalue weighted by Crippen LogP contribution is 2.43. The standard InChI is InChI=1S/C29H36N2O7/c1-5-30(6-2)13-14-31-26(19-9-11-21(35-7-3)23(17-19)36-8-4)25(28(33)29(31)34)27(32)20-10-12-22-24(18-20)38-16-15-37-22/h9-12,17-18,26,32H,5-8,13-16H2,1-4H3/t26-/m1/s1. The molecular formula is C29H36N2O7. The molecule has 2 aromatic carbocycles.